The molecular formula is C11H8BrFO. The van der Waals surface area contributed by atoms with E-state index >= 15 is 0 Å². The van der Waals surface area contributed by atoms with Crippen molar-refractivity contribution in [2.24, 2.45) is 0 Å². The van der Waals surface area contributed by atoms with E-state index in [1.807, 2.05) is 6.07 Å². The second-order valence-corrected chi connectivity index (χ2v) is 4.96. The first-order valence-corrected chi connectivity index (χ1v) is 5.47. The van der Waals surface area contributed by atoms with E-state index in [1.165, 1.54) is 6.07 Å². The van der Waals surface area contributed by atoms with Gasteiger partial charge < -0.3 is 0 Å². The van der Waals surface area contributed by atoms with E-state index in [1.54, 1.807) is 0 Å². The van der Waals surface area contributed by atoms with Crippen LogP contribution in [0.2, 0.25) is 0 Å². The van der Waals surface area contributed by atoms with Crippen molar-refractivity contribution in [2.45, 2.75) is 24.7 Å². The lowest BCUT2D eigenvalue weighted by molar-refractivity contribution is -0.119. The van der Waals surface area contributed by atoms with Crippen molar-refractivity contribution in [1.82, 2.24) is 0 Å². The smallest absolute Gasteiger partial charge is 0.141 e. The van der Waals surface area contributed by atoms with Crippen molar-refractivity contribution in [3.63, 3.8) is 0 Å². The Morgan fingerprint density at radius 1 is 1.43 bits per heavy atom. The van der Waals surface area contributed by atoms with E-state index in [2.05, 4.69) is 15.9 Å². The molecule has 2 bridgehead atoms. The third-order valence-corrected chi connectivity index (χ3v) is 3.73. The zero-order chi connectivity index (χ0) is 9.87. The summed E-state index contributed by atoms with van der Waals surface area (Å²) in [5.41, 5.74) is 1.70. The van der Waals surface area contributed by atoms with Gasteiger partial charge in [-0.05, 0) is 30.0 Å². The van der Waals surface area contributed by atoms with Gasteiger partial charge in [-0.1, -0.05) is 15.9 Å². The Kier molecular flexibility index (Phi) is 1.63. The summed E-state index contributed by atoms with van der Waals surface area (Å²) in [4.78, 5) is 11.5. The molecular weight excluding hydrogens is 247 g/mol. The van der Waals surface area contributed by atoms with Crippen LogP contribution in [-0.2, 0) is 4.79 Å². The minimum atomic E-state index is -0.227. The Morgan fingerprint density at radius 2 is 2.21 bits per heavy atom. The molecule has 0 heterocycles. The van der Waals surface area contributed by atoms with Gasteiger partial charge in [0.15, 0.2) is 0 Å². The Bertz CT molecular complexity index is 441. The van der Waals surface area contributed by atoms with Crippen LogP contribution in [-0.4, -0.2) is 5.78 Å². The summed E-state index contributed by atoms with van der Waals surface area (Å²) in [6.07, 6.45) is 1.43. The topological polar surface area (TPSA) is 17.1 Å². The predicted octanol–water partition coefficient (Wildman–Crippen LogP) is 3.13. The van der Waals surface area contributed by atoms with Crippen molar-refractivity contribution in [1.29, 1.82) is 0 Å². The largest absolute Gasteiger partial charge is 0.299 e. The van der Waals surface area contributed by atoms with Crippen LogP contribution in [0.3, 0.4) is 0 Å². The quantitative estimate of drug-likeness (QED) is 0.696. The number of benzene rings is 1. The molecule has 0 aromatic heterocycles. The number of Topliss-reactive ketones (excluding diaryl/α,β-unsaturated/α-hetero) is 1. The first kappa shape index (κ1) is 8.60. The molecule has 0 radical (unpaired) electrons. The van der Waals surface area contributed by atoms with Gasteiger partial charge in [0.1, 0.15) is 11.6 Å². The number of hydrogen-bond donors (Lipinski definition) is 0. The van der Waals surface area contributed by atoms with Gasteiger partial charge >= 0.3 is 0 Å². The van der Waals surface area contributed by atoms with Gasteiger partial charge in [-0.3, -0.25) is 4.79 Å². The van der Waals surface area contributed by atoms with Gasteiger partial charge in [0.2, 0.25) is 0 Å². The molecule has 2 aliphatic rings. The van der Waals surface area contributed by atoms with Crippen LogP contribution in [0.5, 0.6) is 0 Å². The average Bonchev–Trinajstić information content (AvgIpc) is 2.60. The summed E-state index contributed by atoms with van der Waals surface area (Å²) in [5.74, 6) is 0.108. The number of halogens is 2. The first-order valence-electron chi connectivity index (χ1n) is 4.68. The molecule has 2 atom stereocenters. The molecule has 0 N–H and O–H groups in total. The number of ketones is 1. The van der Waals surface area contributed by atoms with Gasteiger partial charge in [-0.2, -0.15) is 0 Å². The van der Waals surface area contributed by atoms with E-state index in [9.17, 15) is 9.18 Å². The molecule has 1 nitrogen and oxygen atoms in total. The molecule has 0 spiro atoms. The average molecular weight is 255 g/mol. The number of fused-ring (bicyclic) bond motifs is 5. The maximum atomic E-state index is 13.6. The predicted molar refractivity (Wildman–Crippen MR) is 53.8 cm³/mol. The van der Waals surface area contributed by atoms with Crippen LogP contribution in [0, 0.1) is 5.82 Å². The van der Waals surface area contributed by atoms with Crippen LogP contribution in [0.25, 0.3) is 0 Å². The maximum absolute atomic E-state index is 13.6. The summed E-state index contributed by atoms with van der Waals surface area (Å²) in [6, 6.07) is 3.41. The molecule has 1 saturated carbocycles. The minimum absolute atomic E-state index is 0.150. The Hall–Kier alpha value is -0.700. The summed E-state index contributed by atoms with van der Waals surface area (Å²) in [5, 5.41) is 0. The second-order valence-electron chi connectivity index (χ2n) is 4.05. The van der Waals surface area contributed by atoms with Crippen molar-refractivity contribution < 1.29 is 9.18 Å². The van der Waals surface area contributed by atoms with Crippen molar-refractivity contribution in [3.05, 3.63) is 33.5 Å². The Morgan fingerprint density at radius 3 is 3.00 bits per heavy atom. The molecule has 3 heteroatoms. The second kappa shape index (κ2) is 2.66. The van der Waals surface area contributed by atoms with Crippen LogP contribution >= 0.6 is 15.9 Å². The Balaban J connectivity index is 2.26. The first-order chi connectivity index (χ1) is 6.66. The molecule has 2 unspecified atom stereocenters. The van der Waals surface area contributed by atoms with E-state index in [4.69, 9.17) is 0 Å². The molecule has 1 aromatic carbocycles. The maximum Gasteiger partial charge on any atom is 0.141 e. The summed E-state index contributed by atoms with van der Waals surface area (Å²) in [6.45, 7) is 0. The van der Waals surface area contributed by atoms with Crippen LogP contribution in [0.1, 0.15) is 35.8 Å². The monoisotopic (exact) mass is 254 g/mol. The molecule has 1 fully saturated rings. The lowest BCUT2D eigenvalue weighted by Gasteiger charge is -2.15. The highest BCUT2D eigenvalue weighted by atomic mass is 79.9. The molecule has 72 valence electrons. The third kappa shape index (κ3) is 0.962. The van der Waals surface area contributed by atoms with Gasteiger partial charge in [0.05, 0.1) is 0 Å². The molecule has 14 heavy (non-hydrogen) atoms. The Labute approximate surface area is 89.4 Å². The zero-order valence-corrected chi connectivity index (χ0v) is 8.97. The summed E-state index contributed by atoms with van der Waals surface area (Å²) in [7, 11) is 0. The van der Waals surface area contributed by atoms with Crippen LogP contribution in [0.15, 0.2) is 16.6 Å². The highest BCUT2D eigenvalue weighted by Crippen LogP contribution is 2.52. The molecule has 2 aliphatic carbocycles. The van der Waals surface area contributed by atoms with Gasteiger partial charge in [0.25, 0.3) is 0 Å². The van der Waals surface area contributed by atoms with Crippen molar-refractivity contribution >= 4 is 21.7 Å². The van der Waals surface area contributed by atoms with E-state index in [-0.39, 0.29) is 23.4 Å². The van der Waals surface area contributed by atoms with Gasteiger partial charge in [-0.25, -0.2) is 4.39 Å². The van der Waals surface area contributed by atoms with Gasteiger partial charge in [-0.15, -0.1) is 0 Å². The SMILES string of the molecule is O=C1CC2CC1c1c(F)cc(Br)cc12. The normalized spacial score (nSPS) is 28.3. The highest BCUT2D eigenvalue weighted by molar-refractivity contribution is 9.10. The fourth-order valence-corrected chi connectivity index (χ4v) is 3.16. The molecule has 0 saturated heterocycles. The molecule has 0 amide bonds. The van der Waals surface area contributed by atoms with E-state index < -0.39 is 0 Å². The van der Waals surface area contributed by atoms with Gasteiger partial charge in [0, 0.05) is 22.4 Å². The fourth-order valence-electron chi connectivity index (χ4n) is 2.71. The molecule has 0 aliphatic heterocycles. The van der Waals surface area contributed by atoms with E-state index in [0.29, 0.717) is 12.0 Å². The standard InChI is InChI=1S/C11H8BrFO/c12-6-3-7-5-1-8(10(14)2-5)11(7)9(13)4-6/h3-5,8H,1-2H2. The third-order valence-electron chi connectivity index (χ3n) is 3.27. The minimum Gasteiger partial charge on any atom is -0.299 e. The van der Waals surface area contributed by atoms with Crippen LogP contribution < -0.4 is 0 Å². The highest BCUT2D eigenvalue weighted by Gasteiger charge is 2.44. The summed E-state index contributed by atoms with van der Waals surface area (Å²) < 4.78 is 14.4. The number of carbonyl (C=O) groups is 1. The molecule has 3 rings (SSSR count). The number of rotatable bonds is 0. The fraction of sp³-hybridized carbons (Fsp3) is 0.364. The van der Waals surface area contributed by atoms with Crippen molar-refractivity contribution in [2.75, 3.05) is 0 Å². The number of hydrogen-bond acceptors (Lipinski definition) is 1. The molecule has 1 aromatic rings. The zero-order valence-electron chi connectivity index (χ0n) is 7.39. The van der Waals surface area contributed by atoms with E-state index in [0.717, 1.165) is 16.5 Å². The lowest BCUT2D eigenvalue weighted by Crippen LogP contribution is -2.11. The summed E-state index contributed by atoms with van der Waals surface area (Å²) >= 11 is 3.28. The van der Waals surface area contributed by atoms with Crippen molar-refractivity contribution in [3.8, 4) is 0 Å². The lowest BCUT2D eigenvalue weighted by atomic mass is 9.90. The van der Waals surface area contributed by atoms with Crippen LogP contribution in [0.4, 0.5) is 4.39 Å². The number of carbonyl (C=O) groups excluding carboxylic acids is 1.